The number of nitrogens with one attached hydrogen (secondary N) is 1. The molecule has 0 saturated carbocycles. The van der Waals surface area contributed by atoms with E-state index in [4.69, 9.17) is 0 Å². The number of amides is 1. The summed E-state index contributed by atoms with van der Waals surface area (Å²) in [4.78, 5) is 22.9. The van der Waals surface area contributed by atoms with Crippen LogP contribution in [0.15, 0.2) is 42.7 Å². The van der Waals surface area contributed by atoms with E-state index in [9.17, 15) is 4.79 Å². The molecule has 1 amide bonds. The molecule has 1 spiro atoms. The van der Waals surface area contributed by atoms with Crippen molar-refractivity contribution in [1.29, 1.82) is 0 Å². The lowest BCUT2D eigenvalue weighted by Gasteiger charge is -2.23. The minimum Gasteiger partial charge on any atom is -0.356 e. The first-order valence-corrected chi connectivity index (χ1v) is 8.50. The lowest BCUT2D eigenvalue weighted by Crippen LogP contribution is -2.30. The zero-order valence-corrected chi connectivity index (χ0v) is 13.7. The van der Waals surface area contributed by atoms with Gasteiger partial charge in [0.1, 0.15) is 12.1 Å². The second-order valence-corrected chi connectivity index (χ2v) is 6.96. The maximum Gasteiger partial charge on any atom is 0.254 e. The Hall–Kier alpha value is -2.96. The minimum atomic E-state index is 0.0418. The third-order valence-electron chi connectivity index (χ3n) is 5.26. The van der Waals surface area contributed by atoms with Crippen LogP contribution in [0.4, 0.5) is 5.82 Å². The van der Waals surface area contributed by atoms with Gasteiger partial charge in [-0.25, -0.2) is 4.98 Å². The van der Waals surface area contributed by atoms with Gasteiger partial charge < -0.3 is 10.2 Å². The van der Waals surface area contributed by atoms with Crippen LogP contribution < -0.4 is 10.2 Å². The maximum atomic E-state index is 11.7. The molecule has 2 fully saturated rings. The predicted octanol–water partition coefficient (Wildman–Crippen LogP) is 1.51. The van der Waals surface area contributed by atoms with Crippen LogP contribution in [-0.2, 0) is 4.79 Å². The molecule has 1 aromatic carbocycles. The summed E-state index contributed by atoms with van der Waals surface area (Å²) in [6, 6.07) is 12.2. The highest BCUT2D eigenvalue weighted by Crippen LogP contribution is 2.39. The van der Waals surface area contributed by atoms with Crippen molar-refractivity contribution in [2.24, 2.45) is 5.41 Å². The minimum absolute atomic E-state index is 0.0418. The summed E-state index contributed by atoms with van der Waals surface area (Å²) in [7, 11) is 0. The molecule has 0 bridgehead atoms. The molecule has 5 rings (SSSR count). The van der Waals surface area contributed by atoms with Crippen molar-refractivity contribution in [3.8, 4) is 11.3 Å². The highest BCUT2D eigenvalue weighted by atomic mass is 16.1. The highest BCUT2D eigenvalue weighted by Gasteiger charge is 2.44. The van der Waals surface area contributed by atoms with Crippen molar-refractivity contribution in [3.63, 3.8) is 0 Å². The van der Waals surface area contributed by atoms with Crippen LogP contribution >= 0.6 is 0 Å². The summed E-state index contributed by atoms with van der Waals surface area (Å²) in [6.45, 7) is 2.51. The van der Waals surface area contributed by atoms with E-state index in [0.717, 1.165) is 43.1 Å². The number of anilines is 1. The quantitative estimate of drug-likeness (QED) is 0.769. The number of nitrogens with zero attached hydrogens (tertiary/aromatic N) is 5. The number of hydrogen-bond donors (Lipinski definition) is 1. The SMILES string of the molecule is O=C1CC2(CCN(c3cc(-c4ccccc4)nc4ncnn34)C2)CN1. The lowest BCUT2D eigenvalue weighted by molar-refractivity contribution is -0.119. The van der Waals surface area contributed by atoms with Gasteiger partial charge in [-0.15, -0.1) is 0 Å². The van der Waals surface area contributed by atoms with Gasteiger partial charge in [0, 0.05) is 43.1 Å². The molecule has 25 heavy (non-hydrogen) atoms. The second kappa shape index (κ2) is 5.27. The molecular formula is C18H18N6O. The number of carbonyl (C=O) groups is 1. The first-order valence-electron chi connectivity index (χ1n) is 8.50. The van der Waals surface area contributed by atoms with Crippen molar-refractivity contribution < 1.29 is 4.79 Å². The fourth-order valence-electron chi connectivity index (χ4n) is 3.95. The highest BCUT2D eigenvalue weighted by molar-refractivity contribution is 5.79. The predicted molar refractivity (Wildman–Crippen MR) is 93.1 cm³/mol. The molecule has 7 nitrogen and oxygen atoms in total. The van der Waals surface area contributed by atoms with Gasteiger partial charge in [0.15, 0.2) is 0 Å². The Morgan fingerprint density at radius 3 is 2.88 bits per heavy atom. The van der Waals surface area contributed by atoms with Gasteiger partial charge in [-0.05, 0) is 6.42 Å². The molecule has 0 aliphatic carbocycles. The molecule has 2 aromatic heterocycles. The van der Waals surface area contributed by atoms with E-state index in [1.165, 1.54) is 6.33 Å². The number of rotatable bonds is 2. The molecule has 4 heterocycles. The Bertz CT molecular complexity index is 953. The average Bonchev–Trinajstić information content (AvgIpc) is 3.35. The van der Waals surface area contributed by atoms with Gasteiger partial charge in [-0.1, -0.05) is 30.3 Å². The van der Waals surface area contributed by atoms with E-state index >= 15 is 0 Å². The normalized spacial score (nSPS) is 22.9. The zero-order valence-electron chi connectivity index (χ0n) is 13.7. The van der Waals surface area contributed by atoms with Crippen LogP contribution in [-0.4, -0.2) is 45.1 Å². The summed E-state index contributed by atoms with van der Waals surface area (Å²) in [5, 5.41) is 7.33. The van der Waals surface area contributed by atoms with E-state index in [2.05, 4.69) is 31.3 Å². The van der Waals surface area contributed by atoms with Gasteiger partial charge in [0.25, 0.3) is 5.78 Å². The van der Waals surface area contributed by atoms with E-state index < -0.39 is 0 Å². The molecule has 1 N–H and O–H groups in total. The van der Waals surface area contributed by atoms with Crippen molar-refractivity contribution in [1.82, 2.24) is 24.9 Å². The maximum absolute atomic E-state index is 11.7. The van der Waals surface area contributed by atoms with Crippen LogP contribution in [0.2, 0.25) is 0 Å². The smallest absolute Gasteiger partial charge is 0.254 e. The van der Waals surface area contributed by atoms with Crippen LogP contribution in [0.1, 0.15) is 12.8 Å². The monoisotopic (exact) mass is 334 g/mol. The molecule has 7 heteroatoms. The zero-order chi connectivity index (χ0) is 16.9. The fourth-order valence-corrected chi connectivity index (χ4v) is 3.95. The van der Waals surface area contributed by atoms with Crippen LogP contribution in [0.25, 0.3) is 17.0 Å². The first kappa shape index (κ1) is 14.4. The first-order chi connectivity index (χ1) is 12.2. The van der Waals surface area contributed by atoms with Crippen molar-refractivity contribution in [2.75, 3.05) is 24.5 Å². The standard InChI is InChI=1S/C18H18N6O/c25-15-9-18(10-19-15)6-7-23(11-18)16-8-14(13-4-2-1-3-5-13)22-17-20-12-21-24(16)17/h1-5,8,12H,6-7,9-11H2,(H,19,25). The second-order valence-electron chi connectivity index (χ2n) is 6.96. The van der Waals surface area contributed by atoms with Gasteiger partial charge >= 0.3 is 0 Å². The summed E-state index contributed by atoms with van der Waals surface area (Å²) in [6.07, 6.45) is 3.15. The molecule has 2 aliphatic rings. The Labute approximate surface area is 144 Å². The number of hydrogen-bond acceptors (Lipinski definition) is 5. The topological polar surface area (TPSA) is 75.4 Å². The summed E-state index contributed by atoms with van der Waals surface area (Å²) < 4.78 is 1.79. The number of fused-ring (bicyclic) bond motifs is 1. The summed E-state index contributed by atoms with van der Waals surface area (Å²) in [5.74, 6) is 1.74. The molecule has 3 aromatic rings. The van der Waals surface area contributed by atoms with E-state index in [-0.39, 0.29) is 11.3 Å². The molecule has 2 aliphatic heterocycles. The number of aromatic nitrogens is 4. The van der Waals surface area contributed by atoms with Gasteiger partial charge in [0.2, 0.25) is 5.91 Å². The fraction of sp³-hybridized carbons (Fsp3) is 0.333. The largest absolute Gasteiger partial charge is 0.356 e. The lowest BCUT2D eigenvalue weighted by atomic mass is 9.86. The van der Waals surface area contributed by atoms with Gasteiger partial charge in [-0.3, -0.25) is 4.79 Å². The number of carbonyl (C=O) groups excluding carboxylic acids is 1. The Morgan fingerprint density at radius 1 is 1.20 bits per heavy atom. The van der Waals surface area contributed by atoms with Crippen LogP contribution in [0, 0.1) is 5.41 Å². The molecule has 126 valence electrons. The molecule has 0 radical (unpaired) electrons. The van der Waals surface area contributed by atoms with Crippen molar-refractivity contribution in [3.05, 3.63) is 42.7 Å². The van der Waals surface area contributed by atoms with Gasteiger partial charge in [0.05, 0.1) is 5.69 Å². The molecule has 1 unspecified atom stereocenters. The van der Waals surface area contributed by atoms with Crippen molar-refractivity contribution in [2.45, 2.75) is 12.8 Å². The summed E-state index contributed by atoms with van der Waals surface area (Å²) >= 11 is 0. The van der Waals surface area contributed by atoms with E-state index in [1.54, 1.807) is 4.52 Å². The van der Waals surface area contributed by atoms with E-state index in [0.29, 0.717) is 12.2 Å². The van der Waals surface area contributed by atoms with Crippen LogP contribution in [0.3, 0.4) is 0 Å². The Balaban J connectivity index is 1.57. The van der Waals surface area contributed by atoms with E-state index in [1.807, 2.05) is 30.3 Å². The molecular weight excluding hydrogens is 316 g/mol. The third kappa shape index (κ3) is 2.34. The molecule has 1 atom stereocenters. The third-order valence-corrected chi connectivity index (χ3v) is 5.26. The van der Waals surface area contributed by atoms with Crippen molar-refractivity contribution >= 4 is 17.5 Å². The summed E-state index contributed by atoms with van der Waals surface area (Å²) in [5.41, 5.74) is 1.98. The Morgan fingerprint density at radius 2 is 2.08 bits per heavy atom. The van der Waals surface area contributed by atoms with Gasteiger partial charge in [-0.2, -0.15) is 14.6 Å². The Kier molecular flexibility index (Phi) is 3.03. The van der Waals surface area contributed by atoms with Crippen LogP contribution in [0.5, 0.6) is 0 Å². The molecule has 2 saturated heterocycles. The number of benzene rings is 1. The average molecular weight is 334 g/mol.